The summed E-state index contributed by atoms with van der Waals surface area (Å²) in [6.07, 6.45) is 1.71. The van der Waals surface area contributed by atoms with Crippen molar-refractivity contribution in [2.75, 3.05) is 18.5 Å². The topological polar surface area (TPSA) is 70.6 Å². The summed E-state index contributed by atoms with van der Waals surface area (Å²) >= 11 is 1.48. The van der Waals surface area contributed by atoms with Crippen LogP contribution in [-0.4, -0.2) is 37.2 Å². The van der Waals surface area contributed by atoms with Gasteiger partial charge in [-0.2, -0.15) is 0 Å². The highest BCUT2D eigenvalue weighted by Crippen LogP contribution is 2.33. The highest BCUT2D eigenvalue weighted by atomic mass is 32.2. The molecule has 0 fully saturated rings. The Bertz CT molecular complexity index is 1460. The van der Waals surface area contributed by atoms with E-state index in [1.807, 2.05) is 50.2 Å². The van der Waals surface area contributed by atoms with Crippen molar-refractivity contribution in [3.63, 3.8) is 0 Å². The van der Waals surface area contributed by atoms with Crippen LogP contribution in [0.4, 0.5) is 5.13 Å². The predicted molar refractivity (Wildman–Crippen MR) is 147 cm³/mol. The molecule has 4 rings (SSSR count). The molecule has 188 valence electrons. The number of aryl methyl sites for hydroxylation is 2. The number of carbonyl (C=O) groups is 1. The van der Waals surface area contributed by atoms with Crippen LogP contribution in [0.15, 0.2) is 71.6 Å². The molecule has 36 heavy (non-hydrogen) atoms. The number of thiazole rings is 1. The highest BCUT2D eigenvalue weighted by Gasteiger charge is 2.24. The second kappa shape index (κ2) is 10.9. The number of benzene rings is 3. The van der Waals surface area contributed by atoms with Gasteiger partial charge in [0.25, 0.3) is 5.91 Å². The zero-order valence-corrected chi connectivity index (χ0v) is 22.7. The molecule has 0 aliphatic carbocycles. The first-order chi connectivity index (χ1) is 17.2. The second-order valence-corrected chi connectivity index (χ2v) is 12.0. The molecule has 0 aliphatic heterocycles. The average Bonchev–Trinajstić information content (AvgIpc) is 3.33. The molecule has 0 N–H and O–H groups in total. The number of unbranched alkanes of at least 4 members (excludes halogenated alkanes) is 1. The van der Waals surface area contributed by atoms with Gasteiger partial charge in [-0.25, -0.2) is 17.7 Å². The zero-order chi connectivity index (χ0) is 25.9. The number of fused-ring (bicyclic) bond motifs is 1. The van der Waals surface area contributed by atoms with Crippen molar-refractivity contribution >= 4 is 42.6 Å². The van der Waals surface area contributed by atoms with Gasteiger partial charge in [0.15, 0.2) is 5.13 Å². The largest absolute Gasteiger partial charge is 0.279 e. The number of aromatic nitrogens is 1. The summed E-state index contributed by atoms with van der Waals surface area (Å²) in [6.45, 7) is 6.94. The van der Waals surface area contributed by atoms with Gasteiger partial charge in [-0.3, -0.25) is 9.69 Å². The lowest BCUT2D eigenvalue weighted by Crippen LogP contribution is -2.30. The number of carbonyl (C=O) groups excluding carboxylic acids is 1. The van der Waals surface area contributed by atoms with Gasteiger partial charge in [0.2, 0.25) is 10.0 Å². The Balaban J connectivity index is 1.68. The van der Waals surface area contributed by atoms with Gasteiger partial charge >= 0.3 is 0 Å². The molecule has 0 atom stereocenters. The number of hydrogen-bond acceptors (Lipinski definition) is 5. The number of amides is 1. The van der Waals surface area contributed by atoms with Crippen LogP contribution in [0.2, 0.25) is 0 Å². The molecular weight excluding hydrogens is 490 g/mol. The van der Waals surface area contributed by atoms with Gasteiger partial charge in [0, 0.05) is 19.2 Å². The molecule has 8 heteroatoms. The molecule has 3 aromatic carbocycles. The standard InChI is InChI=1S/C28H31N3O3S2/c1-5-6-18-30(4)36(33,34)24-15-13-23(14-16-24)27(32)31(19-22-10-8-7-9-11-22)28-29-26-21(3)20(2)12-17-25(26)35-28/h7-17H,5-6,18-19H2,1-4H3. The lowest BCUT2D eigenvalue weighted by atomic mass is 10.1. The first-order valence-electron chi connectivity index (χ1n) is 12.0. The van der Waals surface area contributed by atoms with Crippen LogP contribution in [0.5, 0.6) is 0 Å². The van der Waals surface area contributed by atoms with E-state index < -0.39 is 10.0 Å². The molecule has 0 spiro atoms. The van der Waals surface area contributed by atoms with Crippen molar-refractivity contribution in [1.29, 1.82) is 0 Å². The minimum absolute atomic E-state index is 0.179. The summed E-state index contributed by atoms with van der Waals surface area (Å²) in [7, 11) is -2.02. The van der Waals surface area contributed by atoms with Crippen molar-refractivity contribution in [1.82, 2.24) is 9.29 Å². The highest BCUT2D eigenvalue weighted by molar-refractivity contribution is 7.89. The van der Waals surface area contributed by atoms with Crippen molar-refractivity contribution in [3.05, 3.63) is 89.0 Å². The molecule has 0 bridgehead atoms. The summed E-state index contributed by atoms with van der Waals surface area (Å²) in [5.74, 6) is -0.226. The number of sulfonamides is 1. The Kier molecular flexibility index (Phi) is 7.88. The smallest absolute Gasteiger partial charge is 0.260 e. The van der Waals surface area contributed by atoms with E-state index in [0.29, 0.717) is 23.8 Å². The van der Waals surface area contributed by atoms with Crippen molar-refractivity contribution in [2.45, 2.75) is 45.1 Å². The Morgan fingerprint density at radius 3 is 2.33 bits per heavy atom. The molecule has 1 heterocycles. The van der Waals surface area contributed by atoms with Crippen LogP contribution in [-0.2, 0) is 16.6 Å². The zero-order valence-electron chi connectivity index (χ0n) is 21.1. The summed E-state index contributed by atoms with van der Waals surface area (Å²) in [6, 6.07) is 20.1. The third-order valence-corrected chi connectivity index (χ3v) is 9.28. The minimum Gasteiger partial charge on any atom is -0.279 e. The average molecular weight is 522 g/mol. The van der Waals surface area contributed by atoms with Crippen molar-refractivity contribution in [3.8, 4) is 0 Å². The number of nitrogens with zero attached hydrogens (tertiary/aromatic N) is 3. The lowest BCUT2D eigenvalue weighted by molar-refractivity contribution is 0.0985. The van der Waals surface area contributed by atoms with Crippen molar-refractivity contribution in [2.24, 2.45) is 0 Å². The van der Waals surface area contributed by atoms with E-state index in [-0.39, 0.29) is 10.8 Å². The quantitative estimate of drug-likeness (QED) is 0.264. The fourth-order valence-corrected chi connectivity index (χ4v) is 6.16. The van der Waals surface area contributed by atoms with Crippen LogP contribution in [0, 0.1) is 13.8 Å². The first-order valence-corrected chi connectivity index (χ1v) is 14.3. The Morgan fingerprint density at radius 2 is 1.67 bits per heavy atom. The monoisotopic (exact) mass is 521 g/mol. The van der Waals surface area contributed by atoms with Gasteiger partial charge in [0.05, 0.1) is 21.7 Å². The van der Waals surface area contributed by atoms with Crippen LogP contribution < -0.4 is 4.90 Å². The molecule has 4 aromatic rings. The Hall–Kier alpha value is -3.07. The van der Waals surface area contributed by atoms with E-state index in [9.17, 15) is 13.2 Å². The second-order valence-electron chi connectivity index (χ2n) is 8.93. The van der Waals surface area contributed by atoms with E-state index in [1.165, 1.54) is 27.8 Å². The van der Waals surface area contributed by atoms with E-state index in [2.05, 4.69) is 13.0 Å². The van der Waals surface area contributed by atoms with Gasteiger partial charge in [-0.15, -0.1) is 0 Å². The normalized spacial score (nSPS) is 11.8. The van der Waals surface area contributed by atoms with E-state index in [0.717, 1.165) is 39.7 Å². The van der Waals surface area contributed by atoms with Gasteiger partial charge < -0.3 is 0 Å². The SMILES string of the molecule is CCCCN(C)S(=O)(=O)c1ccc(C(=O)N(Cc2ccccc2)c2nc3c(C)c(C)ccc3s2)cc1. The first kappa shape index (κ1) is 26.0. The van der Waals surface area contributed by atoms with Crippen LogP contribution >= 0.6 is 11.3 Å². The summed E-state index contributed by atoms with van der Waals surface area (Å²) in [5, 5.41) is 0.614. The predicted octanol–water partition coefficient (Wildman–Crippen LogP) is 6.18. The van der Waals surface area contributed by atoms with Crippen LogP contribution in [0.25, 0.3) is 10.2 Å². The van der Waals surface area contributed by atoms with Crippen molar-refractivity contribution < 1.29 is 13.2 Å². The Morgan fingerprint density at radius 1 is 0.972 bits per heavy atom. The van der Waals surface area contributed by atoms with E-state index >= 15 is 0 Å². The molecule has 1 amide bonds. The van der Waals surface area contributed by atoms with E-state index in [4.69, 9.17) is 4.98 Å². The number of anilines is 1. The maximum atomic E-state index is 13.7. The molecule has 0 radical (unpaired) electrons. The van der Waals surface area contributed by atoms with Gasteiger partial charge in [-0.05, 0) is 67.3 Å². The maximum Gasteiger partial charge on any atom is 0.260 e. The summed E-state index contributed by atoms with van der Waals surface area (Å²) < 4.78 is 28.2. The maximum absolute atomic E-state index is 13.7. The molecular formula is C28H31N3O3S2. The molecule has 0 saturated heterocycles. The lowest BCUT2D eigenvalue weighted by Gasteiger charge is -2.21. The molecule has 0 aliphatic rings. The van der Waals surface area contributed by atoms with Crippen LogP contribution in [0.1, 0.15) is 46.8 Å². The molecule has 1 aromatic heterocycles. The van der Waals surface area contributed by atoms with Gasteiger partial charge in [0.1, 0.15) is 0 Å². The fraction of sp³-hybridized carbons (Fsp3) is 0.286. The fourth-order valence-electron chi connectivity index (χ4n) is 3.93. The molecule has 0 unspecified atom stereocenters. The Labute approximate surface area is 217 Å². The summed E-state index contributed by atoms with van der Waals surface area (Å²) in [5.41, 5.74) is 4.55. The summed E-state index contributed by atoms with van der Waals surface area (Å²) in [4.78, 5) is 20.4. The minimum atomic E-state index is -3.60. The van der Waals surface area contributed by atoms with Gasteiger partial charge in [-0.1, -0.05) is 61.1 Å². The molecule has 0 saturated carbocycles. The number of rotatable bonds is 9. The number of hydrogen-bond donors (Lipinski definition) is 0. The third kappa shape index (κ3) is 5.36. The molecule has 6 nitrogen and oxygen atoms in total. The van der Waals surface area contributed by atoms with Crippen LogP contribution in [0.3, 0.4) is 0 Å². The van der Waals surface area contributed by atoms with E-state index in [1.54, 1.807) is 24.1 Å². The third-order valence-electron chi connectivity index (χ3n) is 6.37.